The number of fused-ring (bicyclic) bond motifs is 1. The Kier molecular flexibility index (Phi) is 5.62. The lowest BCUT2D eigenvalue weighted by molar-refractivity contribution is 0.192. The zero-order chi connectivity index (χ0) is 15.7. The fourth-order valence-corrected chi connectivity index (χ4v) is 5.26. The van der Waals surface area contributed by atoms with E-state index in [0.717, 1.165) is 12.8 Å². The van der Waals surface area contributed by atoms with Crippen LogP contribution in [0.25, 0.3) is 10.9 Å². The van der Waals surface area contributed by atoms with E-state index in [2.05, 4.69) is 11.9 Å². The van der Waals surface area contributed by atoms with Crippen molar-refractivity contribution in [2.45, 2.75) is 30.7 Å². The van der Waals surface area contributed by atoms with Gasteiger partial charge in [-0.3, -0.25) is 4.98 Å². The van der Waals surface area contributed by atoms with Crippen LogP contribution in [0.1, 0.15) is 19.8 Å². The maximum Gasteiger partial charge on any atom is 0.244 e. The molecule has 3 rings (SSSR count). The van der Waals surface area contributed by atoms with Crippen LogP contribution in [0, 0.1) is 5.92 Å². The van der Waals surface area contributed by atoms with Gasteiger partial charge in [-0.1, -0.05) is 13.0 Å². The average Bonchev–Trinajstić information content (AvgIpc) is 2.54. The summed E-state index contributed by atoms with van der Waals surface area (Å²) in [7, 11) is -3.57. The summed E-state index contributed by atoms with van der Waals surface area (Å²) in [5, 5.41) is 0.666. The van der Waals surface area contributed by atoms with Crippen LogP contribution >= 0.6 is 12.4 Å². The zero-order valence-corrected chi connectivity index (χ0v) is 14.7. The Hall–Kier alpha value is -1.21. The number of nitrogens with zero attached hydrogens (tertiary/aromatic N) is 2. The van der Waals surface area contributed by atoms with Gasteiger partial charge in [0.25, 0.3) is 0 Å². The molecule has 0 aliphatic carbocycles. The van der Waals surface area contributed by atoms with Crippen molar-refractivity contribution in [2.24, 2.45) is 11.7 Å². The lowest BCUT2D eigenvalue weighted by Gasteiger charge is -2.38. The standard InChI is InChI=1S/C16H21N3O2S.ClH/c1-12-5-4-10-19(15(12)11-17)22(20,21)16-8-2-7-14-13(16)6-3-9-18-14;/h2-3,6-9,12,15H,4-5,10-11,17H2,1H3;1H. The quantitative estimate of drug-likeness (QED) is 0.917. The normalized spacial score (nSPS) is 22.7. The average molecular weight is 356 g/mol. The molecule has 2 heterocycles. The number of hydrogen-bond donors (Lipinski definition) is 1. The van der Waals surface area contributed by atoms with Gasteiger partial charge in [-0.15, -0.1) is 12.4 Å². The Balaban J connectivity index is 0.00000192. The third-order valence-electron chi connectivity index (χ3n) is 4.50. The SMILES string of the molecule is CC1CCCN(S(=O)(=O)c2cccc3ncccc23)C1CN.Cl. The molecule has 23 heavy (non-hydrogen) atoms. The Bertz CT molecular complexity index is 776. The molecule has 7 heteroatoms. The van der Waals surface area contributed by atoms with E-state index in [9.17, 15) is 8.42 Å². The van der Waals surface area contributed by atoms with Crippen LogP contribution in [-0.4, -0.2) is 36.8 Å². The second-order valence-electron chi connectivity index (χ2n) is 5.86. The van der Waals surface area contributed by atoms with Gasteiger partial charge in [0.2, 0.25) is 10.0 Å². The van der Waals surface area contributed by atoms with Crippen molar-refractivity contribution in [2.75, 3.05) is 13.1 Å². The van der Waals surface area contributed by atoms with E-state index in [1.807, 2.05) is 6.07 Å². The molecule has 0 radical (unpaired) electrons. The number of aromatic nitrogens is 1. The van der Waals surface area contributed by atoms with Gasteiger partial charge in [0.05, 0.1) is 10.4 Å². The molecule has 1 aliphatic rings. The second-order valence-corrected chi connectivity index (χ2v) is 7.72. The predicted molar refractivity (Wildman–Crippen MR) is 94.1 cm³/mol. The van der Waals surface area contributed by atoms with Gasteiger partial charge in [-0.25, -0.2) is 8.42 Å². The van der Waals surface area contributed by atoms with E-state index in [0.29, 0.717) is 28.9 Å². The maximum atomic E-state index is 13.2. The van der Waals surface area contributed by atoms with E-state index in [-0.39, 0.29) is 24.4 Å². The molecule has 2 unspecified atom stereocenters. The van der Waals surface area contributed by atoms with E-state index in [4.69, 9.17) is 5.73 Å². The van der Waals surface area contributed by atoms with E-state index in [1.165, 1.54) is 0 Å². The molecule has 1 aromatic heterocycles. The lowest BCUT2D eigenvalue weighted by atomic mass is 9.93. The second kappa shape index (κ2) is 7.13. The fraction of sp³-hybridized carbons (Fsp3) is 0.438. The summed E-state index contributed by atoms with van der Waals surface area (Å²) in [4.78, 5) is 4.57. The van der Waals surface area contributed by atoms with E-state index in [1.54, 1.807) is 34.8 Å². The van der Waals surface area contributed by atoms with Crippen molar-refractivity contribution in [1.82, 2.24) is 9.29 Å². The molecule has 1 aromatic carbocycles. The van der Waals surface area contributed by atoms with Crippen LogP contribution < -0.4 is 5.73 Å². The highest BCUT2D eigenvalue weighted by atomic mass is 35.5. The third-order valence-corrected chi connectivity index (χ3v) is 6.48. The molecule has 1 saturated heterocycles. The minimum atomic E-state index is -3.57. The highest BCUT2D eigenvalue weighted by Crippen LogP contribution is 2.31. The summed E-state index contributed by atoms with van der Waals surface area (Å²) in [6, 6.07) is 8.67. The number of rotatable bonds is 3. The molecular weight excluding hydrogens is 334 g/mol. The number of pyridine rings is 1. The molecule has 1 fully saturated rings. The Labute approximate surface area is 143 Å². The van der Waals surface area contributed by atoms with Crippen molar-refractivity contribution in [3.05, 3.63) is 36.5 Å². The first kappa shape index (κ1) is 18.1. The number of hydrogen-bond acceptors (Lipinski definition) is 4. The molecule has 5 nitrogen and oxygen atoms in total. The van der Waals surface area contributed by atoms with Gasteiger partial charge in [0, 0.05) is 30.7 Å². The molecule has 0 bridgehead atoms. The summed E-state index contributed by atoms with van der Waals surface area (Å²) in [5.74, 6) is 0.279. The molecule has 0 amide bonds. The molecule has 1 aliphatic heterocycles. The third kappa shape index (κ3) is 3.21. The molecule has 2 N–H and O–H groups in total. The Morgan fingerprint density at radius 3 is 2.83 bits per heavy atom. The molecular formula is C16H22ClN3O2S. The van der Waals surface area contributed by atoms with E-state index < -0.39 is 10.0 Å². The summed E-state index contributed by atoms with van der Waals surface area (Å²) in [5.41, 5.74) is 6.55. The Morgan fingerprint density at radius 1 is 1.30 bits per heavy atom. The minimum Gasteiger partial charge on any atom is -0.329 e. The fourth-order valence-electron chi connectivity index (χ4n) is 3.29. The molecule has 0 spiro atoms. The van der Waals surface area contributed by atoms with Crippen LogP contribution in [0.3, 0.4) is 0 Å². The molecule has 0 saturated carbocycles. The molecule has 2 aromatic rings. The van der Waals surface area contributed by atoms with Gasteiger partial charge >= 0.3 is 0 Å². The van der Waals surface area contributed by atoms with Gasteiger partial charge in [0.1, 0.15) is 0 Å². The van der Waals surface area contributed by atoms with Gasteiger partial charge in [-0.05, 0) is 43.0 Å². The van der Waals surface area contributed by atoms with Crippen LogP contribution in [0.4, 0.5) is 0 Å². The number of sulfonamides is 1. The summed E-state index contributed by atoms with van der Waals surface area (Å²) < 4.78 is 27.9. The van der Waals surface area contributed by atoms with Crippen molar-refractivity contribution in [1.29, 1.82) is 0 Å². The van der Waals surface area contributed by atoms with Crippen molar-refractivity contribution in [3.63, 3.8) is 0 Å². The number of nitrogens with two attached hydrogens (primary N) is 1. The molecule has 2 atom stereocenters. The van der Waals surface area contributed by atoms with Crippen molar-refractivity contribution < 1.29 is 8.42 Å². The summed E-state index contributed by atoms with van der Waals surface area (Å²) in [6.07, 6.45) is 3.56. The van der Waals surface area contributed by atoms with Crippen LogP contribution in [-0.2, 0) is 10.0 Å². The van der Waals surface area contributed by atoms with E-state index >= 15 is 0 Å². The first-order valence-corrected chi connectivity index (χ1v) is 9.05. The first-order chi connectivity index (χ1) is 10.6. The highest BCUT2D eigenvalue weighted by molar-refractivity contribution is 7.89. The zero-order valence-electron chi connectivity index (χ0n) is 13.1. The first-order valence-electron chi connectivity index (χ1n) is 7.61. The van der Waals surface area contributed by atoms with Crippen molar-refractivity contribution >= 4 is 33.3 Å². The van der Waals surface area contributed by atoms with Gasteiger partial charge in [-0.2, -0.15) is 4.31 Å². The van der Waals surface area contributed by atoms with Crippen LogP contribution in [0.15, 0.2) is 41.4 Å². The van der Waals surface area contributed by atoms with Gasteiger partial charge in [0.15, 0.2) is 0 Å². The maximum absolute atomic E-state index is 13.2. The van der Waals surface area contributed by atoms with Crippen molar-refractivity contribution in [3.8, 4) is 0 Å². The molecule has 126 valence electrons. The monoisotopic (exact) mass is 355 g/mol. The number of piperidine rings is 1. The van der Waals surface area contributed by atoms with Gasteiger partial charge < -0.3 is 5.73 Å². The smallest absolute Gasteiger partial charge is 0.244 e. The summed E-state index contributed by atoms with van der Waals surface area (Å²) in [6.45, 7) is 2.96. The highest BCUT2D eigenvalue weighted by Gasteiger charge is 2.37. The van der Waals surface area contributed by atoms with Crippen LogP contribution in [0.2, 0.25) is 0 Å². The lowest BCUT2D eigenvalue weighted by Crippen LogP contribution is -2.51. The predicted octanol–water partition coefficient (Wildman–Crippen LogP) is 2.40. The van der Waals surface area contributed by atoms with Crippen LogP contribution in [0.5, 0.6) is 0 Å². The topological polar surface area (TPSA) is 76.3 Å². The summed E-state index contributed by atoms with van der Waals surface area (Å²) >= 11 is 0. The minimum absolute atomic E-state index is 0. The Morgan fingerprint density at radius 2 is 2.09 bits per heavy atom. The number of halogens is 1. The largest absolute Gasteiger partial charge is 0.329 e. The number of benzene rings is 1.